The molecule has 1 heterocycles. The Labute approximate surface area is 121 Å². The highest BCUT2D eigenvalue weighted by atomic mass is 32.2. The van der Waals surface area contributed by atoms with Crippen molar-refractivity contribution < 1.29 is 13.5 Å². The van der Waals surface area contributed by atoms with Crippen LogP contribution in [0.3, 0.4) is 0 Å². The van der Waals surface area contributed by atoms with Gasteiger partial charge in [-0.15, -0.1) is 10.2 Å². The van der Waals surface area contributed by atoms with Crippen LogP contribution in [0.5, 0.6) is 0 Å². The fourth-order valence-electron chi connectivity index (χ4n) is 1.84. The van der Waals surface area contributed by atoms with Crippen molar-refractivity contribution in [2.75, 3.05) is 4.72 Å². The van der Waals surface area contributed by atoms with Gasteiger partial charge in [0.25, 0.3) is 10.0 Å². The molecule has 0 amide bonds. The zero-order valence-corrected chi connectivity index (χ0v) is 13.0. The smallest absolute Gasteiger partial charge is 0.263 e. The molecular weight excluding hydrogens is 298 g/mol. The quantitative estimate of drug-likeness (QED) is 0.897. The molecule has 6 nitrogen and oxygen atoms in total. The van der Waals surface area contributed by atoms with Crippen LogP contribution in [0.4, 0.5) is 5.13 Å². The number of rotatable bonds is 4. The van der Waals surface area contributed by atoms with E-state index in [2.05, 4.69) is 14.9 Å². The number of anilines is 1. The maximum atomic E-state index is 12.4. The number of nitrogens with one attached hydrogen (secondary N) is 1. The summed E-state index contributed by atoms with van der Waals surface area (Å²) in [5.74, 6) is 0. The summed E-state index contributed by atoms with van der Waals surface area (Å²) in [5, 5.41) is 17.7. The van der Waals surface area contributed by atoms with Crippen molar-refractivity contribution in [3.63, 3.8) is 0 Å². The number of aliphatic hydroxyl groups excluding tert-OH is 1. The zero-order chi connectivity index (χ0) is 14.9. The predicted molar refractivity (Wildman–Crippen MR) is 77.3 cm³/mol. The van der Waals surface area contributed by atoms with E-state index in [1.807, 2.05) is 6.92 Å². The van der Waals surface area contributed by atoms with Gasteiger partial charge in [-0.3, -0.25) is 4.72 Å². The number of nitrogens with zero attached hydrogens (tertiary/aromatic N) is 2. The molecule has 0 aliphatic carbocycles. The van der Waals surface area contributed by atoms with Gasteiger partial charge in [0, 0.05) is 0 Å². The van der Waals surface area contributed by atoms with Crippen LogP contribution in [0.2, 0.25) is 0 Å². The fourth-order valence-corrected chi connectivity index (χ4v) is 3.94. The number of aromatic nitrogens is 2. The highest BCUT2D eigenvalue weighted by Crippen LogP contribution is 2.24. The van der Waals surface area contributed by atoms with Gasteiger partial charge in [-0.2, -0.15) is 0 Å². The highest BCUT2D eigenvalue weighted by molar-refractivity contribution is 7.93. The van der Waals surface area contributed by atoms with Crippen molar-refractivity contribution in [3.8, 4) is 0 Å². The highest BCUT2D eigenvalue weighted by Gasteiger charge is 2.20. The van der Waals surface area contributed by atoms with Gasteiger partial charge < -0.3 is 5.11 Å². The first-order valence-electron chi connectivity index (χ1n) is 5.87. The topological polar surface area (TPSA) is 92.2 Å². The summed E-state index contributed by atoms with van der Waals surface area (Å²) >= 11 is 1.17. The molecule has 108 valence electrons. The van der Waals surface area contributed by atoms with E-state index in [0.717, 1.165) is 5.56 Å². The van der Waals surface area contributed by atoms with E-state index in [9.17, 15) is 13.5 Å². The lowest BCUT2D eigenvalue weighted by Gasteiger charge is -2.11. The SMILES string of the molecule is Cc1nnc(NS(=O)(=O)c2cc(CO)c(C)cc2C)s1. The molecule has 0 saturated carbocycles. The van der Waals surface area contributed by atoms with E-state index in [0.29, 0.717) is 16.1 Å². The second-order valence-corrected chi connectivity index (χ2v) is 7.27. The zero-order valence-electron chi connectivity index (χ0n) is 11.3. The Kier molecular flexibility index (Phi) is 4.07. The maximum absolute atomic E-state index is 12.4. The summed E-state index contributed by atoms with van der Waals surface area (Å²) in [6.07, 6.45) is 0. The molecule has 1 aromatic heterocycles. The van der Waals surface area contributed by atoms with E-state index in [4.69, 9.17) is 0 Å². The molecule has 2 aromatic rings. The summed E-state index contributed by atoms with van der Waals surface area (Å²) in [6, 6.07) is 3.23. The van der Waals surface area contributed by atoms with Gasteiger partial charge in [-0.25, -0.2) is 8.42 Å². The molecular formula is C12H15N3O3S2. The Morgan fingerprint density at radius 3 is 2.45 bits per heavy atom. The van der Waals surface area contributed by atoms with Gasteiger partial charge in [0.1, 0.15) is 5.01 Å². The minimum atomic E-state index is -3.73. The van der Waals surface area contributed by atoms with Crippen molar-refractivity contribution >= 4 is 26.5 Å². The van der Waals surface area contributed by atoms with Crippen molar-refractivity contribution in [1.82, 2.24) is 10.2 Å². The van der Waals surface area contributed by atoms with Gasteiger partial charge in [0.2, 0.25) is 5.13 Å². The third kappa shape index (κ3) is 2.97. The predicted octanol–water partition coefficient (Wildman–Crippen LogP) is 1.76. The van der Waals surface area contributed by atoms with E-state index < -0.39 is 10.0 Å². The summed E-state index contributed by atoms with van der Waals surface area (Å²) in [5.41, 5.74) is 2.06. The molecule has 0 atom stereocenters. The monoisotopic (exact) mass is 313 g/mol. The number of aliphatic hydroxyl groups is 1. The second kappa shape index (κ2) is 5.47. The molecule has 0 aliphatic rings. The molecule has 8 heteroatoms. The van der Waals surface area contributed by atoms with Crippen LogP contribution in [0, 0.1) is 20.8 Å². The van der Waals surface area contributed by atoms with Gasteiger partial charge in [-0.1, -0.05) is 17.4 Å². The van der Waals surface area contributed by atoms with E-state index in [1.165, 1.54) is 17.4 Å². The largest absolute Gasteiger partial charge is 0.392 e. The summed E-state index contributed by atoms with van der Waals surface area (Å²) in [6.45, 7) is 5.09. The minimum absolute atomic E-state index is 0.139. The Morgan fingerprint density at radius 2 is 1.90 bits per heavy atom. The Balaban J connectivity index is 2.43. The average Bonchev–Trinajstić information content (AvgIpc) is 2.73. The molecule has 0 unspecified atom stereocenters. The molecule has 0 saturated heterocycles. The molecule has 0 bridgehead atoms. The Bertz CT molecular complexity index is 738. The van der Waals surface area contributed by atoms with Crippen molar-refractivity contribution in [2.24, 2.45) is 0 Å². The summed E-state index contributed by atoms with van der Waals surface area (Å²) in [7, 11) is -3.73. The van der Waals surface area contributed by atoms with Crippen molar-refractivity contribution in [3.05, 3.63) is 33.8 Å². The van der Waals surface area contributed by atoms with Crippen molar-refractivity contribution in [2.45, 2.75) is 32.3 Å². The Hall–Kier alpha value is -1.51. The standard InChI is InChI=1S/C12H15N3O3S2/c1-7-4-8(2)11(5-10(7)6-16)20(17,18)15-12-14-13-9(3)19-12/h4-5,16H,6H2,1-3H3,(H,14,15). The maximum Gasteiger partial charge on any atom is 0.263 e. The molecule has 0 fully saturated rings. The number of benzene rings is 1. The first-order chi connectivity index (χ1) is 9.33. The van der Waals surface area contributed by atoms with E-state index >= 15 is 0 Å². The molecule has 2 N–H and O–H groups in total. The molecule has 1 aromatic carbocycles. The summed E-state index contributed by atoms with van der Waals surface area (Å²) in [4.78, 5) is 0.139. The molecule has 2 rings (SSSR count). The molecule has 0 radical (unpaired) electrons. The van der Waals surface area contributed by atoms with E-state index in [1.54, 1.807) is 19.9 Å². The third-order valence-electron chi connectivity index (χ3n) is 2.84. The second-order valence-electron chi connectivity index (χ2n) is 4.43. The number of aryl methyl sites for hydroxylation is 3. The van der Waals surface area contributed by atoms with Gasteiger partial charge in [0.15, 0.2) is 0 Å². The van der Waals surface area contributed by atoms with Crippen LogP contribution >= 0.6 is 11.3 Å². The van der Waals surface area contributed by atoms with Crippen LogP contribution in [-0.2, 0) is 16.6 Å². The van der Waals surface area contributed by atoms with Crippen LogP contribution in [0.1, 0.15) is 21.7 Å². The summed E-state index contributed by atoms with van der Waals surface area (Å²) < 4.78 is 27.1. The minimum Gasteiger partial charge on any atom is -0.392 e. The van der Waals surface area contributed by atoms with Gasteiger partial charge in [-0.05, 0) is 43.5 Å². The number of hydrogen-bond donors (Lipinski definition) is 2. The van der Waals surface area contributed by atoms with Crippen LogP contribution in [0.25, 0.3) is 0 Å². The van der Waals surface area contributed by atoms with E-state index in [-0.39, 0.29) is 16.6 Å². The van der Waals surface area contributed by atoms with Gasteiger partial charge >= 0.3 is 0 Å². The van der Waals surface area contributed by atoms with Gasteiger partial charge in [0.05, 0.1) is 11.5 Å². The van der Waals surface area contributed by atoms with Crippen molar-refractivity contribution in [1.29, 1.82) is 0 Å². The molecule has 0 aliphatic heterocycles. The number of hydrogen-bond acceptors (Lipinski definition) is 6. The lowest BCUT2D eigenvalue weighted by atomic mass is 10.1. The molecule has 0 spiro atoms. The van der Waals surface area contributed by atoms with Crippen LogP contribution in [-0.4, -0.2) is 23.7 Å². The normalized spacial score (nSPS) is 11.6. The fraction of sp³-hybridized carbons (Fsp3) is 0.333. The van der Waals surface area contributed by atoms with Crippen LogP contribution < -0.4 is 4.72 Å². The molecule has 20 heavy (non-hydrogen) atoms. The lowest BCUT2D eigenvalue weighted by molar-refractivity contribution is 0.280. The van der Waals surface area contributed by atoms with Crippen LogP contribution in [0.15, 0.2) is 17.0 Å². The third-order valence-corrected chi connectivity index (χ3v) is 5.21. The first kappa shape index (κ1) is 14.9. The Morgan fingerprint density at radius 1 is 1.20 bits per heavy atom. The number of sulfonamides is 1. The lowest BCUT2D eigenvalue weighted by Crippen LogP contribution is -2.15. The average molecular weight is 313 g/mol. The first-order valence-corrected chi connectivity index (χ1v) is 8.17.